The lowest BCUT2D eigenvalue weighted by atomic mass is 9.95. The summed E-state index contributed by atoms with van der Waals surface area (Å²) in [7, 11) is 0. The number of aliphatic carboxylic acids is 1. The van der Waals surface area contributed by atoms with Gasteiger partial charge >= 0.3 is 11.9 Å². The van der Waals surface area contributed by atoms with E-state index in [0.29, 0.717) is 5.56 Å². The Morgan fingerprint density at radius 3 is 2.81 bits per heavy atom. The number of ether oxygens (including phenoxy) is 1. The average Bonchev–Trinajstić information content (AvgIpc) is 2.60. The van der Waals surface area contributed by atoms with Gasteiger partial charge in [0.05, 0.1) is 6.42 Å². The second-order valence-electron chi connectivity index (χ2n) is 3.65. The molecule has 0 aliphatic carbocycles. The maximum atomic E-state index is 11.1. The molecule has 2 atom stereocenters. The van der Waals surface area contributed by atoms with Crippen molar-refractivity contribution in [3.8, 4) is 5.75 Å². The van der Waals surface area contributed by atoms with E-state index in [9.17, 15) is 14.7 Å². The molecule has 1 heterocycles. The van der Waals surface area contributed by atoms with E-state index < -0.39 is 24.0 Å². The summed E-state index contributed by atoms with van der Waals surface area (Å²) in [5, 5.41) is 18.2. The lowest BCUT2D eigenvalue weighted by molar-refractivity contribution is -0.144. The highest BCUT2D eigenvalue weighted by atomic mass is 16.6. The molecule has 1 aromatic rings. The zero-order valence-electron chi connectivity index (χ0n) is 8.29. The van der Waals surface area contributed by atoms with Gasteiger partial charge in [0, 0.05) is 0 Å². The number of carbonyl (C=O) groups excluding carboxylic acids is 1. The van der Waals surface area contributed by atoms with Crippen LogP contribution in [0.2, 0.25) is 0 Å². The number of phenols is 1. The molecular formula is C11H10O5. The normalized spacial score (nSPS) is 24.1. The van der Waals surface area contributed by atoms with E-state index in [1.54, 1.807) is 12.1 Å². The zero-order valence-corrected chi connectivity index (χ0v) is 8.29. The number of aromatic hydroxyl groups is 1. The minimum absolute atomic E-state index is 0.0181. The first kappa shape index (κ1) is 10.5. The number of hydrogen-bond donors (Lipinski definition) is 2. The fourth-order valence-electron chi connectivity index (χ4n) is 1.78. The van der Waals surface area contributed by atoms with Crippen molar-refractivity contribution in [2.75, 3.05) is 0 Å². The molecule has 16 heavy (non-hydrogen) atoms. The SMILES string of the molecule is O=C1C[C@@H](C(=O)O)[C@H](c2cccc(O)c2)O1. The Balaban J connectivity index is 2.32. The molecule has 5 heteroatoms. The maximum Gasteiger partial charge on any atom is 0.311 e. The summed E-state index contributed by atoms with van der Waals surface area (Å²) in [6.45, 7) is 0. The third-order valence-corrected chi connectivity index (χ3v) is 2.53. The smallest absolute Gasteiger partial charge is 0.311 e. The topological polar surface area (TPSA) is 83.8 Å². The fourth-order valence-corrected chi connectivity index (χ4v) is 1.78. The molecule has 0 spiro atoms. The molecule has 2 N–H and O–H groups in total. The maximum absolute atomic E-state index is 11.1. The predicted octanol–water partition coefficient (Wildman–Crippen LogP) is 1.08. The Morgan fingerprint density at radius 2 is 2.19 bits per heavy atom. The van der Waals surface area contributed by atoms with Crippen LogP contribution in [0.25, 0.3) is 0 Å². The second kappa shape index (κ2) is 3.84. The van der Waals surface area contributed by atoms with Gasteiger partial charge in [-0.15, -0.1) is 0 Å². The Bertz CT molecular complexity index is 440. The van der Waals surface area contributed by atoms with E-state index in [1.165, 1.54) is 12.1 Å². The van der Waals surface area contributed by atoms with Crippen molar-refractivity contribution in [3.05, 3.63) is 29.8 Å². The molecule has 0 amide bonds. The summed E-state index contributed by atoms with van der Waals surface area (Å²) in [4.78, 5) is 22.0. The summed E-state index contributed by atoms with van der Waals surface area (Å²) in [5.41, 5.74) is 0.498. The van der Waals surface area contributed by atoms with Crippen LogP contribution in [0.1, 0.15) is 18.1 Å². The van der Waals surface area contributed by atoms with E-state index >= 15 is 0 Å². The molecule has 1 fully saturated rings. The molecule has 0 aromatic heterocycles. The van der Waals surface area contributed by atoms with E-state index in [1.807, 2.05) is 0 Å². The van der Waals surface area contributed by atoms with Gasteiger partial charge < -0.3 is 14.9 Å². The first-order valence-electron chi connectivity index (χ1n) is 4.79. The number of carboxylic acid groups (broad SMARTS) is 1. The highest BCUT2D eigenvalue weighted by Crippen LogP contribution is 2.36. The number of benzene rings is 1. The van der Waals surface area contributed by atoms with Crippen LogP contribution >= 0.6 is 0 Å². The summed E-state index contributed by atoms with van der Waals surface area (Å²) >= 11 is 0. The molecule has 84 valence electrons. The van der Waals surface area contributed by atoms with Crippen molar-refractivity contribution < 1.29 is 24.5 Å². The van der Waals surface area contributed by atoms with E-state index in [4.69, 9.17) is 9.84 Å². The van der Waals surface area contributed by atoms with Crippen LogP contribution < -0.4 is 0 Å². The van der Waals surface area contributed by atoms with Crippen LogP contribution in [0.4, 0.5) is 0 Å². The van der Waals surface area contributed by atoms with Crippen LogP contribution in [0.3, 0.4) is 0 Å². The Labute approximate surface area is 91.3 Å². The first-order valence-corrected chi connectivity index (χ1v) is 4.79. The van der Waals surface area contributed by atoms with Gasteiger partial charge in [-0.05, 0) is 17.7 Å². The van der Waals surface area contributed by atoms with Crippen LogP contribution in [-0.4, -0.2) is 22.2 Å². The van der Waals surface area contributed by atoms with Crippen LogP contribution in [0.15, 0.2) is 24.3 Å². The first-order chi connectivity index (χ1) is 7.58. The third kappa shape index (κ3) is 1.84. The Morgan fingerprint density at radius 1 is 1.44 bits per heavy atom. The number of carbonyl (C=O) groups is 2. The molecule has 0 radical (unpaired) electrons. The standard InChI is InChI=1S/C11H10O5/c12-7-3-1-2-6(4-7)10-8(11(14)15)5-9(13)16-10/h1-4,8,10,12H,5H2,(H,14,15)/t8-,10+/m1/s1. The third-order valence-electron chi connectivity index (χ3n) is 2.53. The Kier molecular flexibility index (Phi) is 2.52. The second-order valence-corrected chi connectivity index (χ2v) is 3.65. The summed E-state index contributed by atoms with van der Waals surface area (Å²) in [5.74, 6) is -2.46. The number of cyclic esters (lactones) is 1. The van der Waals surface area contributed by atoms with Crippen LogP contribution in [-0.2, 0) is 14.3 Å². The van der Waals surface area contributed by atoms with Crippen LogP contribution in [0, 0.1) is 5.92 Å². The monoisotopic (exact) mass is 222 g/mol. The number of phenolic OH excluding ortho intramolecular Hbond substituents is 1. The number of esters is 1. The molecule has 1 aliphatic rings. The highest BCUT2D eigenvalue weighted by molar-refractivity contribution is 5.82. The van der Waals surface area contributed by atoms with Crippen molar-refractivity contribution in [2.45, 2.75) is 12.5 Å². The van der Waals surface area contributed by atoms with Gasteiger partial charge in [-0.25, -0.2) is 0 Å². The van der Waals surface area contributed by atoms with Crippen molar-refractivity contribution in [3.63, 3.8) is 0 Å². The molecule has 1 aliphatic heterocycles. The molecule has 0 bridgehead atoms. The average molecular weight is 222 g/mol. The van der Waals surface area contributed by atoms with Gasteiger partial charge in [-0.3, -0.25) is 9.59 Å². The van der Waals surface area contributed by atoms with Crippen LogP contribution in [0.5, 0.6) is 5.75 Å². The number of carboxylic acids is 1. The molecule has 0 saturated carbocycles. The minimum atomic E-state index is -1.07. The predicted molar refractivity (Wildman–Crippen MR) is 52.7 cm³/mol. The van der Waals surface area contributed by atoms with E-state index in [-0.39, 0.29) is 12.2 Å². The van der Waals surface area contributed by atoms with Crippen molar-refractivity contribution >= 4 is 11.9 Å². The molecule has 1 saturated heterocycles. The highest BCUT2D eigenvalue weighted by Gasteiger charge is 2.40. The van der Waals surface area contributed by atoms with Crippen molar-refractivity contribution in [2.24, 2.45) is 5.92 Å². The minimum Gasteiger partial charge on any atom is -0.508 e. The summed E-state index contributed by atoms with van der Waals surface area (Å²) in [6.07, 6.45) is -0.938. The van der Waals surface area contributed by atoms with Gasteiger partial charge in [0.25, 0.3) is 0 Å². The molecule has 5 nitrogen and oxygen atoms in total. The Hall–Kier alpha value is -2.04. The lowest BCUT2D eigenvalue weighted by Crippen LogP contribution is -2.17. The van der Waals surface area contributed by atoms with Crippen molar-refractivity contribution in [1.82, 2.24) is 0 Å². The van der Waals surface area contributed by atoms with Gasteiger partial charge in [0.1, 0.15) is 17.8 Å². The number of hydrogen-bond acceptors (Lipinski definition) is 4. The van der Waals surface area contributed by atoms with Crippen molar-refractivity contribution in [1.29, 1.82) is 0 Å². The van der Waals surface area contributed by atoms with Gasteiger partial charge in [-0.1, -0.05) is 12.1 Å². The van der Waals surface area contributed by atoms with Gasteiger partial charge in [0.2, 0.25) is 0 Å². The largest absolute Gasteiger partial charge is 0.508 e. The fraction of sp³-hybridized carbons (Fsp3) is 0.273. The quantitative estimate of drug-likeness (QED) is 0.731. The molecular weight excluding hydrogens is 212 g/mol. The molecule has 0 unspecified atom stereocenters. The molecule has 2 rings (SSSR count). The van der Waals surface area contributed by atoms with Gasteiger partial charge in [-0.2, -0.15) is 0 Å². The summed E-state index contributed by atoms with van der Waals surface area (Å²) < 4.78 is 4.95. The number of rotatable bonds is 2. The zero-order chi connectivity index (χ0) is 11.7. The lowest BCUT2D eigenvalue weighted by Gasteiger charge is -2.14. The van der Waals surface area contributed by atoms with Gasteiger partial charge in [0.15, 0.2) is 0 Å². The van der Waals surface area contributed by atoms with E-state index in [2.05, 4.69) is 0 Å². The summed E-state index contributed by atoms with van der Waals surface area (Å²) in [6, 6.07) is 6.07. The van der Waals surface area contributed by atoms with E-state index in [0.717, 1.165) is 0 Å². The molecule has 1 aromatic carbocycles.